The highest BCUT2D eigenvalue weighted by atomic mass is 16.5. The highest BCUT2D eigenvalue weighted by molar-refractivity contribution is 6.51. The second-order valence-electron chi connectivity index (χ2n) is 10.8. The molecule has 0 spiro atoms. The molecule has 40 heavy (non-hydrogen) atoms. The van der Waals surface area contributed by atoms with Crippen LogP contribution in [-0.4, -0.2) is 30.5 Å². The number of hydrogen-bond acceptors (Lipinski definition) is 5. The van der Waals surface area contributed by atoms with E-state index >= 15 is 0 Å². The zero-order valence-corrected chi connectivity index (χ0v) is 23.4. The van der Waals surface area contributed by atoms with E-state index in [2.05, 4.69) is 20.8 Å². The lowest BCUT2D eigenvalue weighted by molar-refractivity contribution is -0.132. The highest BCUT2D eigenvalue weighted by Gasteiger charge is 2.47. The standard InChI is InChI=1S/C34H33NO5/c1-6-40-28-19-14-22(20-27(28)34(2,3)4)31(36)29-30(26-13-9-11-21-10-7-8-12-25(21)26)35(33(38)32(29)37)23-15-17-24(39-5)18-16-23/h7-20,30,36H,6H2,1-5H3/b31-29+. The second kappa shape index (κ2) is 10.5. The minimum Gasteiger partial charge on any atom is -0.507 e. The number of amides is 1. The molecule has 1 atom stereocenters. The number of Topliss-reactive ketones (excluding diaryl/α,β-unsaturated/α-hetero) is 1. The van der Waals surface area contributed by atoms with E-state index in [1.165, 1.54) is 4.90 Å². The van der Waals surface area contributed by atoms with Gasteiger partial charge in [0.05, 0.1) is 25.3 Å². The molecule has 0 aromatic heterocycles. The normalized spacial score (nSPS) is 16.9. The molecule has 0 saturated carbocycles. The van der Waals surface area contributed by atoms with Gasteiger partial charge >= 0.3 is 0 Å². The first-order chi connectivity index (χ1) is 19.2. The summed E-state index contributed by atoms with van der Waals surface area (Å²) in [5.74, 6) is -0.313. The third-order valence-corrected chi connectivity index (χ3v) is 7.27. The number of nitrogens with zero attached hydrogens (tertiary/aromatic N) is 1. The van der Waals surface area contributed by atoms with Crippen molar-refractivity contribution in [2.75, 3.05) is 18.6 Å². The summed E-state index contributed by atoms with van der Waals surface area (Å²) >= 11 is 0. The van der Waals surface area contributed by atoms with Crippen molar-refractivity contribution in [1.82, 2.24) is 0 Å². The van der Waals surface area contributed by atoms with Crippen molar-refractivity contribution in [2.24, 2.45) is 0 Å². The van der Waals surface area contributed by atoms with Crippen LogP contribution in [0.1, 0.15) is 50.4 Å². The fourth-order valence-electron chi connectivity index (χ4n) is 5.33. The van der Waals surface area contributed by atoms with Gasteiger partial charge in [0.1, 0.15) is 17.3 Å². The Morgan fingerprint density at radius 1 is 0.925 bits per heavy atom. The van der Waals surface area contributed by atoms with Crippen LogP contribution in [0.3, 0.4) is 0 Å². The number of ether oxygens (including phenoxy) is 2. The van der Waals surface area contributed by atoms with Gasteiger partial charge in [-0.25, -0.2) is 0 Å². The van der Waals surface area contributed by atoms with Crippen molar-refractivity contribution in [1.29, 1.82) is 0 Å². The molecule has 1 aliphatic rings. The van der Waals surface area contributed by atoms with Gasteiger partial charge in [0.15, 0.2) is 0 Å². The van der Waals surface area contributed by atoms with Crippen LogP contribution in [0.2, 0.25) is 0 Å². The van der Waals surface area contributed by atoms with Crippen LogP contribution in [-0.2, 0) is 15.0 Å². The molecular formula is C34H33NO5. The molecule has 1 aliphatic heterocycles. The van der Waals surface area contributed by atoms with E-state index in [1.54, 1.807) is 37.4 Å². The van der Waals surface area contributed by atoms with E-state index < -0.39 is 17.7 Å². The average Bonchev–Trinajstić information content (AvgIpc) is 3.22. The molecule has 1 amide bonds. The van der Waals surface area contributed by atoms with E-state index in [-0.39, 0.29) is 16.7 Å². The molecule has 4 aromatic carbocycles. The van der Waals surface area contributed by atoms with Crippen LogP contribution >= 0.6 is 0 Å². The number of ketones is 1. The number of anilines is 1. The van der Waals surface area contributed by atoms with E-state index in [0.717, 1.165) is 27.6 Å². The molecule has 204 valence electrons. The number of aliphatic hydroxyl groups is 1. The number of hydrogen-bond donors (Lipinski definition) is 1. The summed E-state index contributed by atoms with van der Waals surface area (Å²) in [7, 11) is 1.57. The molecule has 1 heterocycles. The molecule has 4 aromatic rings. The Kier molecular flexibility index (Phi) is 7.11. The maximum Gasteiger partial charge on any atom is 0.300 e. The zero-order chi connectivity index (χ0) is 28.6. The van der Waals surface area contributed by atoms with Gasteiger partial charge in [0.2, 0.25) is 0 Å². The topological polar surface area (TPSA) is 76.1 Å². The molecule has 1 fully saturated rings. The molecule has 5 rings (SSSR count). The Hall–Kier alpha value is -4.58. The van der Waals surface area contributed by atoms with Crippen LogP contribution in [0, 0.1) is 0 Å². The molecular weight excluding hydrogens is 502 g/mol. The first kappa shape index (κ1) is 27.0. The lowest BCUT2D eigenvalue weighted by Crippen LogP contribution is -2.29. The number of aliphatic hydroxyl groups excluding tert-OH is 1. The van der Waals surface area contributed by atoms with Gasteiger partial charge in [0, 0.05) is 16.8 Å². The summed E-state index contributed by atoms with van der Waals surface area (Å²) in [4.78, 5) is 28.9. The number of benzene rings is 4. The van der Waals surface area contributed by atoms with Crippen LogP contribution in [0.5, 0.6) is 11.5 Å². The Labute approximate surface area is 234 Å². The van der Waals surface area contributed by atoms with Crippen molar-refractivity contribution in [2.45, 2.75) is 39.2 Å². The zero-order valence-electron chi connectivity index (χ0n) is 23.4. The summed E-state index contributed by atoms with van der Waals surface area (Å²) in [5, 5.41) is 13.7. The summed E-state index contributed by atoms with van der Waals surface area (Å²) in [5.41, 5.74) is 2.38. The predicted octanol–water partition coefficient (Wildman–Crippen LogP) is 7.17. The number of carbonyl (C=O) groups is 2. The van der Waals surface area contributed by atoms with Crippen LogP contribution in [0.4, 0.5) is 5.69 Å². The number of carbonyl (C=O) groups excluding carboxylic acids is 2. The minimum absolute atomic E-state index is 0.0428. The van der Waals surface area contributed by atoms with Crippen LogP contribution < -0.4 is 14.4 Å². The first-order valence-corrected chi connectivity index (χ1v) is 13.4. The summed E-state index contributed by atoms with van der Waals surface area (Å²) < 4.78 is 11.2. The molecule has 1 N–H and O–H groups in total. The van der Waals surface area contributed by atoms with Gasteiger partial charge in [-0.2, -0.15) is 0 Å². The molecule has 0 bridgehead atoms. The van der Waals surface area contributed by atoms with E-state index in [1.807, 2.05) is 61.5 Å². The summed E-state index contributed by atoms with van der Waals surface area (Å²) in [6.45, 7) is 8.61. The van der Waals surface area contributed by atoms with E-state index in [4.69, 9.17) is 9.47 Å². The van der Waals surface area contributed by atoms with Crippen molar-refractivity contribution in [3.05, 3.63) is 107 Å². The Bertz CT molecular complexity index is 1620. The van der Waals surface area contributed by atoms with Gasteiger partial charge < -0.3 is 14.6 Å². The van der Waals surface area contributed by atoms with Crippen molar-refractivity contribution in [3.63, 3.8) is 0 Å². The Balaban J connectivity index is 1.77. The molecule has 0 radical (unpaired) electrons. The highest BCUT2D eigenvalue weighted by Crippen LogP contribution is 2.45. The fraction of sp³-hybridized carbons (Fsp3) is 0.235. The second-order valence-corrected chi connectivity index (χ2v) is 10.8. The number of methoxy groups -OCH3 is 1. The van der Waals surface area contributed by atoms with Crippen molar-refractivity contribution < 1.29 is 24.2 Å². The monoisotopic (exact) mass is 535 g/mol. The van der Waals surface area contributed by atoms with Crippen LogP contribution in [0.25, 0.3) is 16.5 Å². The van der Waals surface area contributed by atoms with Gasteiger partial charge in [-0.15, -0.1) is 0 Å². The SMILES string of the molecule is CCOc1ccc(/C(O)=C2\C(=O)C(=O)N(c3ccc(OC)cc3)C2c2cccc3ccccc23)cc1C(C)(C)C. The van der Waals surface area contributed by atoms with Crippen LogP contribution in [0.15, 0.2) is 90.5 Å². The fourth-order valence-corrected chi connectivity index (χ4v) is 5.33. The molecule has 6 nitrogen and oxygen atoms in total. The lowest BCUT2D eigenvalue weighted by atomic mass is 9.84. The minimum atomic E-state index is -0.843. The molecule has 6 heteroatoms. The maximum atomic E-state index is 13.7. The summed E-state index contributed by atoms with van der Waals surface area (Å²) in [6.07, 6.45) is 0. The van der Waals surface area contributed by atoms with Gasteiger partial charge in [-0.1, -0.05) is 63.2 Å². The first-order valence-electron chi connectivity index (χ1n) is 13.4. The van der Waals surface area contributed by atoms with Gasteiger partial charge in [-0.05, 0) is 71.1 Å². The molecule has 1 unspecified atom stereocenters. The van der Waals surface area contributed by atoms with Crippen molar-refractivity contribution >= 4 is 33.9 Å². The van der Waals surface area contributed by atoms with E-state index in [9.17, 15) is 14.7 Å². The van der Waals surface area contributed by atoms with E-state index in [0.29, 0.717) is 23.6 Å². The summed E-state index contributed by atoms with van der Waals surface area (Å²) in [6, 6.07) is 25.2. The predicted molar refractivity (Wildman–Crippen MR) is 158 cm³/mol. The third kappa shape index (κ3) is 4.70. The Morgan fingerprint density at radius 2 is 1.62 bits per heavy atom. The largest absolute Gasteiger partial charge is 0.507 e. The number of rotatable bonds is 6. The third-order valence-electron chi connectivity index (χ3n) is 7.27. The molecule has 1 saturated heterocycles. The van der Waals surface area contributed by atoms with Crippen molar-refractivity contribution in [3.8, 4) is 11.5 Å². The van der Waals surface area contributed by atoms with Gasteiger partial charge in [-0.3, -0.25) is 14.5 Å². The smallest absolute Gasteiger partial charge is 0.300 e. The van der Waals surface area contributed by atoms with Gasteiger partial charge in [0.25, 0.3) is 11.7 Å². The maximum absolute atomic E-state index is 13.7. The average molecular weight is 536 g/mol. The quantitative estimate of drug-likeness (QED) is 0.161. The number of fused-ring (bicyclic) bond motifs is 1. The Morgan fingerprint density at radius 3 is 2.30 bits per heavy atom. The lowest BCUT2D eigenvalue weighted by Gasteiger charge is -2.27. The molecule has 0 aliphatic carbocycles.